The molecular formula is C25H19NO6P+. The minimum atomic E-state index is -2.18. The van der Waals surface area contributed by atoms with Gasteiger partial charge < -0.3 is 0 Å². The van der Waals surface area contributed by atoms with E-state index < -0.39 is 13.2 Å². The molecule has 0 saturated carbocycles. The second-order valence-electron chi connectivity index (χ2n) is 6.53. The Morgan fingerprint density at radius 2 is 1.03 bits per heavy atom. The zero-order valence-corrected chi connectivity index (χ0v) is 18.2. The van der Waals surface area contributed by atoms with Gasteiger partial charge in [-0.2, -0.15) is 0 Å². The minimum Gasteiger partial charge on any atom is -0.289 e. The van der Waals surface area contributed by atoms with E-state index in [4.69, 9.17) is 9.05 Å². The van der Waals surface area contributed by atoms with Gasteiger partial charge in [-0.05, 0) is 36.4 Å². The van der Waals surface area contributed by atoms with Gasteiger partial charge in [0.2, 0.25) is 0 Å². The van der Waals surface area contributed by atoms with Crippen molar-refractivity contribution < 1.29 is 23.3 Å². The van der Waals surface area contributed by atoms with Gasteiger partial charge >= 0.3 is 8.25 Å². The highest BCUT2D eigenvalue weighted by Gasteiger charge is 2.23. The number of benzene rings is 4. The van der Waals surface area contributed by atoms with Gasteiger partial charge in [0.25, 0.3) is 5.69 Å². The molecule has 0 aromatic heterocycles. The molecule has 0 aliphatic rings. The van der Waals surface area contributed by atoms with E-state index in [0.717, 1.165) is 0 Å². The highest BCUT2D eigenvalue weighted by Crippen LogP contribution is 2.29. The Labute approximate surface area is 191 Å². The number of nitro groups is 1. The monoisotopic (exact) mass is 460 g/mol. The summed E-state index contributed by atoms with van der Waals surface area (Å²) in [5, 5.41) is 10.5. The summed E-state index contributed by atoms with van der Waals surface area (Å²) in [5.41, 5.74) is 0.998. The molecule has 0 fully saturated rings. The molecule has 0 bridgehead atoms. The molecule has 0 saturated heterocycles. The van der Waals surface area contributed by atoms with Gasteiger partial charge in [-0.1, -0.05) is 66.7 Å². The standard InChI is InChI=1S/C13H9NO3.C12H10O3P/c15-13(10-4-2-1-3-5-10)11-6-8-12(9-7-11)14(16)17;13-16(14-11-7-3-1-4-8-11)15-12-9-5-2-6-10-12/h1-9H;1-10H/q;+1. The first-order chi connectivity index (χ1) is 16.0. The van der Waals surface area contributed by atoms with Crippen LogP contribution in [0.25, 0.3) is 0 Å². The lowest BCUT2D eigenvalue weighted by atomic mass is 10.0. The Bertz CT molecular complexity index is 1160. The molecule has 0 amide bonds. The zero-order chi connectivity index (χ0) is 23.5. The van der Waals surface area contributed by atoms with Crippen molar-refractivity contribution >= 4 is 19.7 Å². The van der Waals surface area contributed by atoms with Crippen molar-refractivity contribution in [2.75, 3.05) is 0 Å². The van der Waals surface area contributed by atoms with Crippen LogP contribution in [0.3, 0.4) is 0 Å². The lowest BCUT2D eigenvalue weighted by Crippen LogP contribution is -2.00. The van der Waals surface area contributed by atoms with Crippen LogP contribution in [0, 0.1) is 10.1 Å². The number of hydrogen-bond donors (Lipinski definition) is 0. The van der Waals surface area contributed by atoms with Crippen LogP contribution in [0.2, 0.25) is 0 Å². The molecule has 8 heteroatoms. The molecule has 33 heavy (non-hydrogen) atoms. The molecule has 4 aromatic rings. The largest absolute Gasteiger partial charge is 0.805 e. The van der Waals surface area contributed by atoms with Crippen molar-refractivity contribution in [2.45, 2.75) is 0 Å². The van der Waals surface area contributed by atoms with E-state index in [2.05, 4.69) is 0 Å². The number of nitro benzene ring substituents is 1. The highest BCUT2D eigenvalue weighted by atomic mass is 31.1. The van der Waals surface area contributed by atoms with Crippen LogP contribution < -0.4 is 9.05 Å². The number of para-hydroxylation sites is 2. The van der Waals surface area contributed by atoms with Crippen molar-refractivity contribution in [1.82, 2.24) is 0 Å². The van der Waals surface area contributed by atoms with Gasteiger partial charge in [-0.15, -0.1) is 0 Å². The number of ketones is 1. The van der Waals surface area contributed by atoms with E-state index in [1.54, 1.807) is 72.8 Å². The van der Waals surface area contributed by atoms with Crippen LogP contribution in [0.15, 0.2) is 115 Å². The first-order valence-electron chi connectivity index (χ1n) is 9.80. The number of hydrogen-bond acceptors (Lipinski definition) is 6. The number of carbonyl (C=O) groups excluding carboxylic acids is 1. The van der Waals surface area contributed by atoms with Gasteiger partial charge in [0.05, 0.1) is 4.92 Å². The van der Waals surface area contributed by atoms with E-state index in [9.17, 15) is 19.5 Å². The fourth-order valence-corrected chi connectivity index (χ4v) is 3.27. The second-order valence-corrected chi connectivity index (χ2v) is 7.34. The van der Waals surface area contributed by atoms with Gasteiger partial charge in [0.1, 0.15) is 0 Å². The van der Waals surface area contributed by atoms with E-state index >= 15 is 0 Å². The first-order valence-corrected chi connectivity index (χ1v) is 10.9. The molecule has 0 aliphatic heterocycles. The molecule has 0 spiro atoms. The summed E-state index contributed by atoms with van der Waals surface area (Å²) in [7, 11) is -2.18. The molecule has 0 radical (unpaired) electrons. The quantitative estimate of drug-likeness (QED) is 0.133. The fourth-order valence-electron chi connectivity index (χ4n) is 2.64. The Kier molecular flexibility index (Phi) is 8.40. The molecule has 7 nitrogen and oxygen atoms in total. The zero-order valence-electron chi connectivity index (χ0n) is 17.3. The number of rotatable bonds is 7. The van der Waals surface area contributed by atoms with Crippen molar-refractivity contribution in [3.05, 3.63) is 137 Å². The summed E-state index contributed by atoms with van der Waals surface area (Å²) < 4.78 is 21.7. The number of carbonyl (C=O) groups is 1. The molecule has 0 heterocycles. The van der Waals surface area contributed by atoms with Gasteiger partial charge in [0, 0.05) is 27.8 Å². The molecule has 0 N–H and O–H groups in total. The van der Waals surface area contributed by atoms with Gasteiger partial charge in [-0.3, -0.25) is 14.9 Å². The van der Waals surface area contributed by atoms with E-state index in [0.29, 0.717) is 22.6 Å². The second kappa shape index (κ2) is 11.9. The van der Waals surface area contributed by atoms with Crippen LogP contribution in [-0.2, 0) is 4.57 Å². The SMILES string of the molecule is O=C(c1ccccc1)c1ccc([N+](=O)[O-])cc1.O=[P+](Oc1ccccc1)Oc1ccccc1. The maximum absolute atomic E-state index is 12.0. The van der Waals surface area contributed by atoms with Crippen molar-refractivity contribution in [3.8, 4) is 11.5 Å². The van der Waals surface area contributed by atoms with E-state index in [1.165, 1.54) is 24.3 Å². The van der Waals surface area contributed by atoms with Gasteiger partial charge in [0.15, 0.2) is 17.3 Å². The fraction of sp³-hybridized carbons (Fsp3) is 0. The van der Waals surface area contributed by atoms with Crippen molar-refractivity contribution in [3.63, 3.8) is 0 Å². The normalized spacial score (nSPS) is 9.70. The van der Waals surface area contributed by atoms with Gasteiger partial charge in [-0.25, -0.2) is 9.05 Å². The predicted octanol–water partition coefficient (Wildman–Crippen LogP) is 6.63. The van der Waals surface area contributed by atoms with Crippen LogP contribution in [0.1, 0.15) is 15.9 Å². The molecule has 164 valence electrons. The summed E-state index contributed by atoms with van der Waals surface area (Å²) in [6.07, 6.45) is 0. The Morgan fingerprint density at radius 1 is 0.636 bits per heavy atom. The molecule has 4 aromatic carbocycles. The average molecular weight is 460 g/mol. The summed E-state index contributed by atoms with van der Waals surface area (Å²) in [6.45, 7) is 0. The van der Waals surface area contributed by atoms with Crippen LogP contribution in [-0.4, -0.2) is 10.7 Å². The first kappa shape index (κ1) is 23.3. The summed E-state index contributed by atoms with van der Waals surface area (Å²) in [4.78, 5) is 21.9. The molecule has 0 unspecified atom stereocenters. The van der Waals surface area contributed by atoms with Crippen LogP contribution in [0.4, 0.5) is 5.69 Å². The summed E-state index contributed by atoms with van der Waals surface area (Å²) in [5.74, 6) is 0.916. The van der Waals surface area contributed by atoms with E-state index in [-0.39, 0.29) is 11.5 Å². The lowest BCUT2D eigenvalue weighted by Gasteiger charge is -2.00. The van der Waals surface area contributed by atoms with E-state index in [1.807, 2.05) is 18.2 Å². The molecule has 4 rings (SSSR count). The Hall–Kier alpha value is -4.35. The van der Waals surface area contributed by atoms with Crippen LogP contribution in [0.5, 0.6) is 11.5 Å². The third-order valence-electron chi connectivity index (χ3n) is 4.22. The third-order valence-corrected chi connectivity index (χ3v) is 4.94. The van der Waals surface area contributed by atoms with Crippen molar-refractivity contribution in [2.24, 2.45) is 0 Å². The third kappa shape index (κ3) is 7.38. The number of non-ortho nitro benzene ring substituents is 1. The topological polar surface area (TPSA) is 95.7 Å². The number of nitrogens with zero attached hydrogens (tertiary/aromatic N) is 1. The molecule has 0 aliphatic carbocycles. The van der Waals surface area contributed by atoms with Crippen LogP contribution >= 0.6 is 8.25 Å². The predicted molar refractivity (Wildman–Crippen MR) is 125 cm³/mol. The highest BCUT2D eigenvalue weighted by molar-refractivity contribution is 7.34. The summed E-state index contributed by atoms with van der Waals surface area (Å²) >= 11 is 0. The smallest absolute Gasteiger partial charge is 0.289 e. The molecular weight excluding hydrogens is 441 g/mol. The minimum absolute atomic E-state index is 0.0189. The lowest BCUT2D eigenvalue weighted by molar-refractivity contribution is -0.384. The maximum atomic E-state index is 12.0. The van der Waals surface area contributed by atoms with Crippen molar-refractivity contribution in [1.29, 1.82) is 0 Å². The Balaban J connectivity index is 0.000000186. The Morgan fingerprint density at radius 3 is 1.45 bits per heavy atom. The maximum Gasteiger partial charge on any atom is 0.805 e. The molecule has 0 atom stereocenters. The average Bonchev–Trinajstić information content (AvgIpc) is 2.86. The summed E-state index contributed by atoms with van der Waals surface area (Å²) in [6, 6.07) is 32.2.